The van der Waals surface area contributed by atoms with E-state index < -0.39 is 0 Å². The van der Waals surface area contributed by atoms with Crippen LogP contribution in [0, 0.1) is 0 Å². The second-order valence-electron chi connectivity index (χ2n) is 2.88. The van der Waals surface area contributed by atoms with Gasteiger partial charge in [-0.15, -0.1) is 17.5 Å². The van der Waals surface area contributed by atoms with Crippen molar-refractivity contribution < 1.29 is 5.11 Å². The van der Waals surface area contributed by atoms with E-state index >= 15 is 0 Å². The standard InChI is InChI=1S/C4H7N3O.C3H3N3.ClH.H3N/c1-7-3-5-4(2-8)6-7;1-3-2-6(3)5-4-1;;/h3,8H,2H2,1H3;1H,2H2;1H;1H3. The van der Waals surface area contributed by atoms with Crippen LogP contribution in [0.5, 0.6) is 0 Å². The zero-order chi connectivity index (χ0) is 9.97. The maximum atomic E-state index is 8.41. The Hall–Kier alpha value is -1.51. The number of hydrogen-bond acceptors (Lipinski definition) is 6. The molecule has 3 heterocycles. The summed E-state index contributed by atoms with van der Waals surface area (Å²) in [6, 6.07) is 0. The number of halogens is 1. The van der Waals surface area contributed by atoms with E-state index in [4.69, 9.17) is 5.11 Å². The summed E-state index contributed by atoms with van der Waals surface area (Å²) in [5, 5.41) is 19.5. The van der Waals surface area contributed by atoms with Crippen molar-refractivity contribution in [2.75, 3.05) is 0 Å². The van der Waals surface area contributed by atoms with Gasteiger partial charge in [-0.1, -0.05) is 5.21 Å². The van der Waals surface area contributed by atoms with Crippen LogP contribution in [0.2, 0.25) is 0 Å². The van der Waals surface area contributed by atoms with Crippen LogP contribution < -0.4 is 6.15 Å². The molecule has 0 fully saturated rings. The molecule has 0 amide bonds. The molecule has 3 rings (SSSR count). The highest BCUT2D eigenvalue weighted by molar-refractivity contribution is 5.85. The molecule has 9 heteroatoms. The average molecular weight is 248 g/mol. The summed E-state index contributed by atoms with van der Waals surface area (Å²) in [4.78, 5) is 3.74. The Balaban J connectivity index is 0.000000255. The molecule has 1 aliphatic rings. The first-order valence-electron chi connectivity index (χ1n) is 4.12. The Bertz CT molecular complexity index is 409. The number of aromatic nitrogens is 6. The van der Waals surface area contributed by atoms with Crippen molar-refractivity contribution in [2.24, 2.45) is 7.05 Å². The van der Waals surface area contributed by atoms with Crippen molar-refractivity contribution in [1.82, 2.24) is 35.9 Å². The van der Waals surface area contributed by atoms with Gasteiger partial charge in [-0.3, -0.25) is 4.68 Å². The minimum atomic E-state index is -0.0825. The first-order chi connectivity index (χ1) is 6.79. The van der Waals surface area contributed by atoms with Gasteiger partial charge in [0.25, 0.3) is 0 Å². The first-order valence-corrected chi connectivity index (χ1v) is 4.12. The van der Waals surface area contributed by atoms with Crippen LogP contribution in [0.15, 0.2) is 12.5 Å². The van der Waals surface area contributed by atoms with Gasteiger partial charge < -0.3 is 11.3 Å². The summed E-state index contributed by atoms with van der Waals surface area (Å²) in [6.45, 7) is 0.935. The van der Waals surface area contributed by atoms with E-state index in [9.17, 15) is 0 Å². The lowest BCUT2D eigenvalue weighted by Crippen LogP contribution is -1.90. The lowest BCUT2D eigenvalue weighted by molar-refractivity contribution is 0.271. The van der Waals surface area contributed by atoms with E-state index in [1.807, 2.05) is 4.68 Å². The summed E-state index contributed by atoms with van der Waals surface area (Å²) in [5.41, 5.74) is 1.25. The predicted molar refractivity (Wildman–Crippen MR) is 58.3 cm³/mol. The quantitative estimate of drug-likeness (QED) is 0.600. The minimum absolute atomic E-state index is 0. The van der Waals surface area contributed by atoms with Gasteiger partial charge in [-0.2, -0.15) is 5.10 Å². The van der Waals surface area contributed by atoms with Crippen molar-refractivity contribution in [3.8, 4) is 0 Å². The maximum Gasteiger partial charge on any atom is 0.175 e. The third kappa shape index (κ3) is 3.57. The van der Waals surface area contributed by atoms with Crippen LogP contribution in [-0.2, 0) is 20.2 Å². The van der Waals surface area contributed by atoms with E-state index in [1.54, 1.807) is 24.3 Å². The van der Waals surface area contributed by atoms with Gasteiger partial charge in [-0.05, 0) is 0 Å². The largest absolute Gasteiger partial charge is 0.388 e. The fourth-order valence-electron chi connectivity index (χ4n) is 0.926. The third-order valence-electron chi connectivity index (χ3n) is 1.69. The van der Waals surface area contributed by atoms with Gasteiger partial charge in [0, 0.05) is 7.05 Å². The number of aryl methyl sites for hydroxylation is 1. The van der Waals surface area contributed by atoms with Gasteiger partial charge in [-0.25, -0.2) is 9.67 Å². The highest BCUT2D eigenvalue weighted by Gasteiger charge is 2.15. The van der Waals surface area contributed by atoms with E-state index in [1.165, 1.54) is 5.69 Å². The Kier molecular flexibility index (Phi) is 5.57. The molecule has 16 heavy (non-hydrogen) atoms. The highest BCUT2D eigenvalue weighted by atomic mass is 35.5. The topological polar surface area (TPSA) is 117 Å². The third-order valence-corrected chi connectivity index (χ3v) is 1.69. The maximum absolute atomic E-state index is 8.41. The highest BCUT2D eigenvalue weighted by Crippen LogP contribution is 2.10. The van der Waals surface area contributed by atoms with Gasteiger partial charge in [0.2, 0.25) is 0 Å². The average Bonchev–Trinajstić information content (AvgIpc) is 2.65. The molecule has 0 aliphatic carbocycles. The van der Waals surface area contributed by atoms with Crippen LogP contribution in [0.4, 0.5) is 0 Å². The Morgan fingerprint density at radius 3 is 2.44 bits per heavy atom. The van der Waals surface area contributed by atoms with Gasteiger partial charge >= 0.3 is 0 Å². The summed E-state index contributed by atoms with van der Waals surface area (Å²) < 4.78 is 3.39. The molecule has 4 N–H and O–H groups in total. The predicted octanol–water partition coefficient (Wildman–Crippen LogP) is -0.469. The molecule has 2 aromatic rings. The molecule has 0 spiro atoms. The zero-order valence-corrected chi connectivity index (χ0v) is 9.63. The lowest BCUT2D eigenvalue weighted by atomic mass is 10.7. The molecule has 0 saturated carbocycles. The Morgan fingerprint density at radius 1 is 1.50 bits per heavy atom. The molecule has 0 aromatic carbocycles. The molecule has 0 unspecified atom stereocenters. The molecule has 90 valence electrons. The van der Waals surface area contributed by atoms with Gasteiger partial charge in [0.15, 0.2) is 5.82 Å². The summed E-state index contributed by atoms with van der Waals surface area (Å²) in [6.07, 6.45) is 3.32. The smallest absolute Gasteiger partial charge is 0.175 e. The fourth-order valence-corrected chi connectivity index (χ4v) is 0.926. The van der Waals surface area contributed by atoms with Crippen LogP contribution in [0.1, 0.15) is 11.5 Å². The monoisotopic (exact) mass is 247 g/mol. The van der Waals surface area contributed by atoms with Crippen molar-refractivity contribution in [1.29, 1.82) is 0 Å². The number of aliphatic hydroxyl groups excluding tert-OH is 1. The van der Waals surface area contributed by atoms with Crippen molar-refractivity contribution >= 4 is 12.4 Å². The molecule has 0 bridgehead atoms. The van der Waals surface area contributed by atoms with Crippen LogP contribution in [0.25, 0.3) is 0 Å². The van der Waals surface area contributed by atoms with Gasteiger partial charge in [0.1, 0.15) is 12.9 Å². The van der Waals surface area contributed by atoms with Crippen molar-refractivity contribution in [3.63, 3.8) is 0 Å². The molecule has 8 nitrogen and oxygen atoms in total. The first kappa shape index (κ1) is 14.5. The Morgan fingerprint density at radius 2 is 2.25 bits per heavy atom. The van der Waals surface area contributed by atoms with Crippen LogP contribution in [0.3, 0.4) is 0 Å². The minimum Gasteiger partial charge on any atom is -0.388 e. The number of nitrogens with zero attached hydrogens (tertiary/aromatic N) is 6. The number of aliphatic hydroxyl groups is 1. The molecule has 0 saturated heterocycles. The molecule has 1 aliphatic heterocycles. The molecule has 0 atom stereocenters. The molecular formula is C7H14ClN7O. The zero-order valence-electron chi connectivity index (χ0n) is 8.81. The molecular weight excluding hydrogens is 234 g/mol. The van der Waals surface area contributed by atoms with Crippen LogP contribution >= 0.6 is 12.4 Å². The lowest BCUT2D eigenvalue weighted by Gasteiger charge is -1.80. The number of hydrogen-bond donors (Lipinski definition) is 2. The number of fused-ring (bicyclic) bond motifs is 1. The summed E-state index contributed by atoms with van der Waals surface area (Å²) in [7, 11) is 1.76. The fraction of sp³-hybridized carbons (Fsp3) is 0.429. The van der Waals surface area contributed by atoms with E-state index in [2.05, 4.69) is 20.4 Å². The van der Waals surface area contributed by atoms with Crippen molar-refractivity contribution in [3.05, 3.63) is 24.0 Å². The van der Waals surface area contributed by atoms with Gasteiger partial charge in [0.05, 0.1) is 18.4 Å². The van der Waals surface area contributed by atoms with E-state index in [0.29, 0.717) is 5.82 Å². The van der Waals surface area contributed by atoms with Crippen LogP contribution in [-0.4, -0.2) is 34.9 Å². The number of rotatable bonds is 1. The van der Waals surface area contributed by atoms with Crippen molar-refractivity contribution in [2.45, 2.75) is 13.2 Å². The molecule has 2 aromatic heterocycles. The summed E-state index contributed by atoms with van der Waals surface area (Å²) >= 11 is 0. The Labute approximate surface area is 98.3 Å². The normalized spacial score (nSPS) is 10.1. The van der Waals surface area contributed by atoms with E-state index in [-0.39, 0.29) is 25.2 Å². The molecule has 0 radical (unpaired) electrons. The SMILES string of the molecule is Cl.Cn1cnc(CO)n1.N.c1nnn2c1C2. The van der Waals surface area contributed by atoms with E-state index in [0.717, 1.165) is 6.54 Å². The summed E-state index contributed by atoms with van der Waals surface area (Å²) in [5.74, 6) is 0.465. The second-order valence-corrected chi connectivity index (χ2v) is 2.88. The second kappa shape index (κ2) is 6.16.